The third kappa shape index (κ3) is 7.58. The van der Waals surface area contributed by atoms with E-state index in [1.165, 1.54) is 54.7 Å². The number of amides is 1. The lowest BCUT2D eigenvalue weighted by Crippen LogP contribution is -2.47. The number of H-pyrrole nitrogens is 1. The number of nitrogens with one attached hydrogen (secondary N) is 2. The second-order valence-corrected chi connectivity index (χ2v) is 16.9. The molecular weight excluding hydrogens is 754 g/mol. The molecule has 3 aliphatic rings. The highest BCUT2D eigenvalue weighted by Gasteiger charge is 2.41. The van der Waals surface area contributed by atoms with Crippen molar-refractivity contribution in [3.63, 3.8) is 0 Å². The first-order chi connectivity index (χ1) is 27.0. The van der Waals surface area contributed by atoms with E-state index in [0.29, 0.717) is 16.8 Å². The minimum absolute atomic E-state index is 0.0727. The van der Waals surface area contributed by atoms with Gasteiger partial charge in [0.1, 0.15) is 28.8 Å². The van der Waals surface area contributed by atoms with E-state index < -0.39 is 31.4 Å². The van der Waals surface area contributed by atoms with Crippen molar-refractivity contribution in [3.8, 4) is 17.6 Å². The predicted molar refractivity (Wildman–Crippen MR) is 212 cm³/mol. The third-order valence-corrected chi connectivity index (χ3v) is 12.9. The van der Waals surface area contributed by atoms with Crippen molar-refractivity contribution < 1.29 is 22.9 Å². The van der Waals surface area contributed by atoms with Crippen molar-refractivity contribution in [2.24, 2.45) is 5.41 Å². The molecule has 1 saturated heterocycles. The van der Waals surface area contributed by atoms with Gasteiger partial charge in [-0.25, -0.2) is 18.1 Å². The highest BCUT2D eigenvalue weighted by atomic mass is 35.5. The van der Waals surface area contributed by atoms with Crippen LogP contribution in [0.3, 0.4) is 0 Å². The standard InChI is InChI=1S/C41H38ClN7O6S/c42-31-5-2-27(3-6-31)36-23-41(12-1-13-41)14-10-30(36)26-47-16-18-48(19-17-47)32-7-9-35(38(21-32)55-33-20-28-11-15-44-39(28)45-25-33)40(50)46-56(53,54)34-8-4-29(24-43)37(22-34)49(51)52/h2-9,11,15,20-22,25H,1,10,12-14,16-19,23,26H2,(H,44,45)(H,46,50). The molecule has 286 valence electrons. The molecule has 0 atom stereocenters. The number of carbonyl (C=O) groups excluding carboxylic acids is 1. The number of nitriles is 1. The summed E-state index contributed by atoms with van der Waals surface area (Å²) in [7, 11) is -4.59. The summed E-state index contributed by atoms with van der Waals surface area (Å²) in [6, 6.07) is 21.3. The largest absolute Gasteiger partial charge is 0.455 e. The van der Waals surface area contributed by atoms with Crippen molar-refractivity contribution >= 4 is 55.5 Å². The quantitative estimate of drug-likeness (QED) is 0.105. The van der Waals surface area contributed by atoms with Crippen molar-refractivity contribution in [2.45, 2.75) is 43.4 Å². The summed E-state index contributed by atoms with van der Waals surface area (Å²) in [5.41, 5.74) is 5.05. The fourth-order valence-corrected chi connectivity index (χ4v) is 9.18. The number of nitrogens with zero attached hydrogens (tertiary/aromatic N) is 5. The van der Waals surface area contributed by atoms with Crippen LogP contribution in [0, 0.1) is 26.9 Å². The van der Waals surface area contributed by atoms with Gasteiger partial charge in [-0.05, 0) is 97.2 Å². The number of carbonyl (C=O) groups is 1. The van der Waals surface area contributed by atoms with Crippen LogP contribution in [-0.2, 0) is 10.0 Å². The van der Waals surface area contributed by atoms with Crippen LogP contribution >= 0.6 is 11.6 Å². The molecule has 2 fully saturated rings. The molecule has 1 spiro atoms. The van der Waals surface area contributed by atoms with Gasteiger partial charge in [0.15, 0.2) is 0 Å². The normalized spacial score (nSPS) is 17.0. The molecule has 0 radical (unpaired) electrons. The van der Waals surface area contributed by atoms with Crippen molar-refractivity contribution in [2.75, 3.05) is 37.6 Å². The third-order valence-electron chi connectivity index (χ3n) is 11.3. The summed E-state index contributed by atoms with van der Waals surface area (Å²) in [4.78, 5) is 35.9. The van der Waals surface area contributed by atoms with Crippen LogP contribution in [0.25, 0.3) is 16.6 Å². The minimum atomic E-state index is -4.59. The molecule has 3 aromatic carbocycles. The van der Waals surface area contributed by atoms with Gasteiger partial charge in [0.25, 0.3) is 21.6 Å². The van der Waals surface area contributed by atoms with Gasteiger partial charge in [-0.15, -0.1) is 0 Å². The molecule has 8 rings (SSSR count). The zero-order chi connectivity index (χ0) is 39.0. The molecule has 0 bridgehead atoms. The fourth-order valence-electron chi connectivity index (χ4n) is 8.07. The number of allylic oxidation sites excluding steroid dienone is 1. The zero-order valence-corrected chi connectivity index (χ0v) is 31.9. The number of hydrogen-bond acceptors (Lipinski definition) is 10. The van der Waals surface area contributed by atoms with Crippen LogP contribution < -0.4 is 14.4 Å². The van der Waals surface area contributed by atoms with E-state index in [-0.39, 0.29) is 16.9 Å². The summed E-state index contributed by atoms with van der Waals surface area (Å²) >= 11 is 6.25. The first-order valence-electron chi connectivity index (χ1n) is 18.4. The maximum absolute atomic E-state index is 13.7. The van der Waals surface area contributed by atoms with E-state index in [9.17, 15) is 28.6 Å². The molecule has 1 saturated carbocycles. The SMILES string of the molecule is N#Cc1ccc(S(=O)(=O)NC(=O)c2ccc(N3CCN(CC4=C(c5ccc(Cl)cc5)CC5(CCC5)CC4)CC3)cc2Oc2cnc3[nH]ccc3c2)cc1[N+](=O)[O-]. The number of nitro benzene ring substituents is 1. The number of benzene rings is 3. The Balaban J connectivity index is 1.02. The van der Waals surface area contributed by atoms with Gasteiger partial charge in [0.05, 0.1) is 21.6 Å². The number of rotatable bonds is 10. The Labute approximate surface area is 328 Å². The van der Waals surface area contributed by atoms with Gasteiger partial charge in [0.2, 0.25) is 0 Å². The average Bonchev–Trinajstić information content (AvgIpc) is 3.66. The maximum Gasteiger partial charge on any atom is 0.288 e. The number of sulfonamides is 1. The van der Waals surface area contributed by atoms with Crippen molar-refractivity contribution in [1.82, 2.24) is 19.6 Å². The van der Waals surface area contributed by atoms with Crippen LogP contribution in [0.15, 0.2) is 95.7 Å². The maximum atomic E-state index is 13.7. The van der Waals surface area contributed by atoms with Crippen LogP contribution in [0.5, 0.6) is 11.5 Å². The Hall–Kier alpha value is -5.75. The van der Waals surface area contributed by atoms with Crippen molar-refractivity contribution in [1.29, 1.82) is 5.26 Å². The number of pyridine rings is 1. The molecule has 15 heteroatoms. The molecule has 0 unspecified atom stereocenters. The van der Waals surface area contributed by atoms with E-state index >= 15 is 0 Å². The summed E-state index contributed by atoms with van der Waals surface area (Å²) in [5.74, 6) is -0.565. The van der Waals surface area contributed by atoms with E-state index in [4.69, 9.17) is 16.3 Å². The first kappa shape index (κ1) is 37.2. The van der Waals surface area contributed by atoms with Crippen LogP contribution in [0.1, 0.15) is 60.0 Å². The number of halogens is 1. The zero-order valence-electron chi connectivity index (χ0n) is 30.3. The van der Waals surface area contributed by atoms with E-state index in [1.807, 2.05) is 22.9 Å². The highest BCUT2D eigenvalue weighted by Crippen LogP contribution is 2.55. The van der Waals surface area contributed by atoms with Crippen LogP contribution in [0.4, 0.5) is 11.4 Å². The lowest BCUT2D eigenvalue weighted by molar-refractivity contribution is -0.385. The van der Waals surface area contributed by atoms with Gasteiger partial charge in [-0.1, -0.05) is 35.7 Å². The molecule has 13 nitrogen and oxygen atoms in total. The van der Waals surface area contributed by atoms with Crippen LogP contribution in [-0.4, -0.2) is 66.8 Å². The summed E-state index contributed by atoms with van der Waals surface area (Å²) < 4.78 is 34.9. The Morgan fingerprint density at radius 1 is 1.04 bits per heavy atom. The van der Waals surface area contributed by atoms with Gasteiger partial charge in [-0.2, -0.15) is 5.26 Å². The first-order valence-corrected chi connectivity index (χ1v) is 20.3. The minimum Gasteiger partial charge on any atom is -0.455 e. The predicted octanol–water partition coefficient (Wildman–Crippen LogP) is 7.84. The number of anilines is 1. The molecular formula is C41H38ClN7O6S. The van der Waals surface area contributed by atoms with E-state index in [0.717, 1.165) is 79.9 Å². The topological polar surface area (TPSA) is 175 Å². The molecule has 1 aliphatic heterocycles. The summed E-state index contributed by atoms with van der Waals surface area (Å²) in [6.45, 7) is 4.00. The van der Waals surface area contributed by atoms with Crippen molar-refractivity contribution in [3.05, 3.63) is 123 Å². The molecule has 56 heavy (non-hydrogen) atoms. The number of hydrogen-bond donors (Lipinski definition) is 2. The number of aromatic amines is 1. The molecule has 5 aromatic rings. The highest BCUT2D eigenvalue weighted by molar-refractivity contribution is 7.90. The average molecular weight is 792 g/mol. The molecule has 1 amide bonds. The monoisotopic (exact) mass is 791 g/mol. The van der Waals surface area contributed by atoms with Gasteiger partial charge >= 0.3 is 0 Å². The number of aromatic nitrogens is 2. The number of fused-ring (bicyclic) bond motifs is 1. The van der Waals surface area contributed by atoms with Gasteiger partial charge < -0.3 is 14.6 Å². The van der Waals surface area contributed by atoms with E-state index in [2.05, 4.69) is 31.9 Å². The number of ether oxygens (including phenoxy) is 1. The number of piperazine rings is 1. The second kappa shape index (κ2) is 15.1. The Morgan fingerprint density at radius 3 is 2.54 bits per heavy atom. The molecule has 2 aliphatic carbocycles. The smallest absolute Gasteiger partial charge is 0.288 e. The Bertz CT molecular complexity index is 2540. The molecule has 2 N–H and O–H groups in total. The Kier molecular flexibility index (Phi) is 10.0. The summed E-state index contributed by atoms with van der Waals surface area (Å²) in [5, 5.41) is 22.2. The second-order valence-electron chi connectivity index (χ2n) is 14.7. The van der Waals surface area contributed by atoms with Gasteiger partial charge in [-0.3, -0.25) is 19.8 Å². The summed E-state index contributed by atoms with van der Waals surface area (Å²) in [6.07, 6.45) is 10.6. The molecule has 3 heterocycles. The fraction of sp³-hybridized carbons (Fsp3) is 0.293. The molecule has 2 aromatic heterocycles. The number of nitro groups is 1. The van der Waals surface area contributed by atoms with E-state index in [1.54, 1.807) is 30.5 Å². The Morgan fingerprint density at radius 2 is 1.82 bits per heavy atom. The lowest BCUT2D eigenvalue weighted by atomic mass is 9.59. The van der Waals surface area contributed by atoms with Gasteiger partial charge in [0, 0.05) is 67.1 Å². The van der Waals surface area contributed by atoms with Crippen LogP contribution in [0.2, 0.25) is 5.02 Å². The lowest BCUT2D eigenvalue weighted by Gasteiger charge is -2.47.